The van der Waals surface area contributed by atoms with Crippen molar-refractivity contribution in [3.8, 4) is 0 Å². The molecule has 1 atom stereocenters. The lowest BCUT2D eigenvalue weighted by atomic mass is 10.0. The molecular weight excluding hydrogens is 296 g/mol. The molecule has 1 aromatic carbocycles. The van der Waals surface area contributed by atoms with Crippen LogP contribution < -0.4 is 0 Å². The second kappa shape index (κ2) is 8.99. The van der Waals surface area contributed by atoms with Gasteiger partial charge in [0, 0.05) is 17.2 Å². The van der Waals surface area contributed by atoms with Crippen molar-refractivity contribution in [2.24, 2.45) is 0 Å². The number of ether oxygens (including phenoxy) is 1. The monoisotopic (exact) mass is 320 g/mol. The lowest BCUT2D eigenvalue weighted by molar-refractivity contribution is -0.142. The Labute approximate surface area is 136 Å². The summed E-state index contributed by atoms with van der Waals surface area (Å²) in [6.07, 6.45) is 6.23. The molecule has 0 radical (unpaired) electrons. The minimum Gasteiger partial charge on any atom is -0.465 e. The fraction of sp³-hybridized carbons (Fsp3) is 0.556. The van der Waals surface area contributed by atoms with Crippen molar-refractivity contribution in [1.82, 2.24) is 0 Å². The minimum absolute atomic E-state index is 0.0157. The first-order chi connectivity index (χ1) is 10.7. The van der Waals surface area contributed by atoms with Crippen LogP contribution in [0.25, 0.3) is 0 Å². The van der Waals surface area contributed by atoms with Crippen LogP contribution in [0.2, 0.25) is 0 Å². The molecule has 0 spiro atoms. The van der Waals surface area contributed by atoms with Crippen LogP contribution in [0.4, 0.5) is 0 Å². The quantitative estimate of drug-likeness (QED) is 0.556. The number of hydrogen-bond acceptors (Lipinski definition) is 4. The molecule has 0 saturated heterocycles. The van der Waals surface area contributed by atoms with Crippen molar-refractivity contribution in [3.05, 3.63) is 35.9 Å². The van der Waals surface area contributed by atoms with E-state index in [1.54, 1.807) is 30.8 Å². The number of rotatable bonds is 7. The van der Waals surface area contributed by atoms with Gasteiger partial charge in [0.1, 0.15) is 5.25 Å². The van der Waals surface area contributed by atoms with Crippen molar-refractivity contribution < 1.29 is 14.3 Å². The molecule has 1 aliphatic carbocycles. The SMILES string of the molecule is CCOC(=O)C(CC(=O)c1ccccc1)SC1CCCCC1. The van der Waals surface area contributed by atoms with E-state index in [4.69, 9.17) is 4.74 Å². The third-order valence-electron chi connectivity index (χ3n) is 3.92. The highest BCUT2D eigenvalue weighted by Gasteiger charge is 2.28. The molecule has 0 aromatic heterocycles. The molecule has 4 heteroatoms. The van der Waals surface area contributed by atoms with Crippen molar-refractivity contribution in [3.63, 3.8) is 0 Å². The second-order valence-electron chi connectivity index (χ2n) is 5.63. The number of thioether (sulfide) groups is 1. The van der Waals surface area contributed by atoms with Gasteiger partial charge in [0.15, 0.2) is 5.78 Å². The van der Waals surface area contributed by atoms with E-state index in [0.717, 1.165) is 12.8 Å². The highest BCUT2D eigenvalue weighted by atomic mass is 32.2. The molecule has 0 N–H and O–H groups in total. The van der Waals surface area contributed by atoms with Gasteiger partial charge >= 0.3 is 5.97 Å². The largest absolute Gasteiger partial charge is 0.465 e. The summed E-state index contributed by atoms with van der Waals surface area (Å²) >= 11 is 1.64. The molecule has 1 aliphatic rings. The van der Waals surface area contributed by atoms with Gasteiger partial charge in [-0.1, -0.05) is 49.6 Å². The molecule has 120 valence electrons. The maximum atomic E-state index is 12.4. The first-order valence-electron chi connectivity index (χ1n) is 8.11. The minimum atomic E-state index is -0.379. The summed E-state index contributed by atoms with van der Waals surface area (Å²) in [6, 6.07) is 9.18. The van der Waals surface area contributed by atoms with Gasteiger partial charge in [0.2, 0.25) is 0 Å². The van der Waals surface area contributed by atoms with Crippen molar-refractivity contribution >= 4 is 23.5 Å². The number of ketones is 1. The summed E-state index contributed by atoms with van der Waals surface area (Å²) < 4.78 is 5.17. The Bertz CT molecular complexity index is 480. The highest BCUT2D eigenvalue weighted by Crippen LogP contribution is 2.33. The lowest BCUT2D eigenvalue weighted by Gasteiger charge is -2.25. The van der Waals surface area contributed by atoms with Crippen LogP contribution in [0, 0.1) is 0 Å². The molecular formula is C18H24O3S. The predicted octanol–water partition coefficient (Wildman–Crippen LogP) is 4.26. The highest BCUT2D eigenvalue weighted by molar-refractivity contribution is 8.01. The average molecular weight is 320 g/mol. The standard InChI is InChI=1S/C18H24O3S/c1-2-21-18(20)17(22-15-11-7-4-8-12-15)13-16(19)14-9-5-3-6-10-14/h3,5-6,9-10,15,17H,2,4,7-8,11-13H2,1H3. The summed E-state index contributed by atoms with van der Waals surface area (Å²) in [5.41, 5.74) is 0.668. The van der Waals surface area contributed by atoms with Crippen LogP contribution in [0.15, 0.2) is 30.3 Å². The van der Waals surface area contributed by atoms with E-state index in [1.165, 1.54) is 19.3 Å². The van der Waals surface area contributed by atoms with Gasteiger partial charge in [-0.15, -0.1) is 11.8 Å². The zero-order valence-electron chi connectivity index (χ0n) is 13.1. The van der Waals surface area contributed by atoms with E-state index in [0.29, 0.717) is 17.4 Å². The number of carbonyl (C=O) groups excluding carboxylic acids is 2. The number of carbonyl (C=O) groups is 2. The number of Topliss-reactive ketones (excluding diaryl/α,β-unsaturated/α-hetero) is 1. The maximum absolute atomic E-state index is 12.4. The summed E-state index contributed by atoms with van der Waals surface area (Å²) in [7, 11) is 0. The molecule has 1 aromatic rings. The smallest absolute Gasteiger partial charge is 0.319 e. The van der Waals surface area contributed by atoms with E-state index < -0.39 is 0 Å². The zero-order valence-corrected chi connectivity index (χ0v) is 13.9. The Kier molecular flexibility index (Phi) is 6.97. The fourth-order valence-corrected chi connectivity index (χ4v) is 4.26. The van der Waals surface area contributed by atoms with Gasteiger partial charge in [0.25, 0.3) is 0 Å². The summed E-state index contributed by atoms with van der Waals surface area (Å²) in [5, 5.41) is 0.0995. The zero-order chi connectivity index (χ0) is 15.8. The molecule has 1 saturated carbocycles. The predicted molar refractivity (Wildman–Crippen MR) is 90.3 cm³/mol. The molecule has 0 amide bonds. The van der Waals surface area contributed by atoms with E-state index in [9.17, 15) is 9.59 Å². The Balaban J connectivity index is 2.00. The van der Waals surface area contributed by atoms with E-state index in [-0.39, 0.29) is 23.4 Å². The van der Waals surface area contributed by atoms with Crippen molar-refractivity contribution in [1.29, 1.82) is 0 Å². The van der Waals surface area contributed by atoms with Crippen LogP contribution in [0.5, 0.6) is 0 Å². The number of esters is 1. The van der Waals surface area contributed by atoms with E-state index in [2.05, 4.69) is 0 Å². The molecule has 1 unspecified atom stereocenters. The van der Waals surface area contributed by atoms with Crippen LogP contribution in [-0.4, -0.2) is 28.9 Å². The van der Waals surface area contributed by atoms with Gasteiger partial charge < -0.3 is 4.74 Å². The van der Waals surface area contributed by atoms with Gasteiger partial charge in [-0.3, -0.25) is 9.59 Å². The first kappa shape index (κ1) is 17.1. The number of benzene rings is 1. The molecule has 1 fully saturated rings. The lowest BCUT2D eigenvalue weighted by Crippen LogP contribution is -2.27. The normalized spacial score (nSPS) is 17.0. The Morgan fingerprint density at radius 2 is 1.86 bits per heavy atom. The van der Waals surface area contributed by atoms with Crippen LogP contribution in [0.1, 0.15) is 55.8 Å². The van der Waals surface area contributed by atoms with Crippen molar-refractivity contribution in [2.75, 3.05) is 6.61 Å². The van der Waals surface area contributed by atoms with Gasteiger partial charge in [-0.25, -0.2) is 0 Å². The van der Waals surface area contributed by atoms with Crippen LogP contribution in [0.3, 0.4) is 0 Å². The molecule has 0 bridgehead atoms. The van der Waals surface area contributed by atoms with Gasteiger partial charge in [-0.2, -0.15) is 0 Å². The third-order valence-corrected chi connectivity index (χ3v) is 5.47. The van der Waals surface area contributed by atoms with Gasteiger partial charge in [0.05, 0.1) is 6.61 Å². The summed E-state index contributed by atoms with van der Waals surface area (Å²) in [5.74, 6) is -0.232. The fourth-order valence-electron chi connectivity index (χ4n) is 2.77. The van der Waals surface area contributed by atoms with E-state index in [1.807, 2.05) is 18.2 Å². The Morgan fingerprint density at radius 1 is 1.18 bits per heavy atom. The topological polar surface area (TPSA) is 43.4 Å². The van der Waals surface area contributed by atoms with E-state index >= 15 is 0 Å². The Hall–Kier alpha value is -1.29. The number of hydrogen-bond donors (Lipinski definition) is 0. The third kappa shape index (κ3) is 5.16. The molecule has 22 heavy (non-hydrogen) atoms. The molecule has 2 rings (SSSR count). The Morgan fingerprint density at radius 3 is 2.50 bits per heavy atom. The van der Waals surface area contributed by atoms with Crippen LogP contribution >= 0.6 is 11.8 Å². The van der Waals surface area contributed by atoms with Gasteiger partial charge in [-0.05, 0) is 19.8 Å². The average Bonchev–Trinajstić information content (AvgIpc) is 2.56. The second-order valence-corrected chi connectivity index (χ2v) is 7.14. The molecule has 3 nitrogen and oxygen atoms in total. The summed E-state index contributed by atoms with van der Waals surface area (Å²) in [4.78, 5) is 24.6. The molecule has 0 heterocycles. The first-order valence-corrected chi connectivity index (χ1v) is 9.05. The van der Waals surface area contributed by atoms with Crippen LogP contribution in [-0.2, 0) is 9.53 Å². The van der Waals surface area contributed by atoms with Crippen molar-refractivity contribution in [2.45, 2.75) is 55.9 Å². The molecule has 0 aliphatic heterocycles. The summed E-state index contributed by atoms with van der Waals surface area (Å²) in [6.45, 7) is 2.17. The maximum Gasteiger partial charge on any atom is 0.319 e.